The second-order valence-corrected chi connectivity index (χ2v) is 9.23. The zero-order valence-electron chi connectivity index (χ0n) is 16.5. The number of hydrogen-bond acceptors (Lipinski definition) is 5. The minimum Gasteiger partial charge on any atom is -0.441 e. The molecule has 0 radical (unpaired) electrons. The standard InChI is InChI=1S/C21H22FN3O4S/c1-2-20-24-18-12-16(7-10-19(18)29-20)23-21(26)14-4-3-11-25(13-14)30(27,28)17-8-5-15(22)6-9-17/h5-10,12,14H,2-4,11,13H2,1H3,(H,23,26). The summed E-state index contributed by atoms with van der Waals surface area (Å²) in [5.41, 5.74) is 1.90. The third kappa shape index (κ3) is 4.08. The van der Waals surface area contributed by atoms with Crippen molar-refractivity contribution in [3.8, 4) is 0 Å². The highest BCUT2D eigenvalue weighted by atomic mass is 32.2. The molecule has 3 aromatic rings. The molecule has 1 amide bonds. The molecule has 158 valence electrons. The Morgan fingerprint density at radius 1 is 1.27 bits per heavy atom. The number of nitrogens with one attached hydrogen (secondary N) is 1. The predicted molar refractivity (Wildman–Crippen MR) is 110 cm³/mol. The van der Waals surface area contributed by atoms with Gasteiger partial charge in [-0.1, -0.05) is 6.92 Å². The van der Waals surface area contributed by atoms with Crippen molar-refractivity contribution in [2.24, 2.45) is 5.92 Å². The number of fused-ring (bicyclic) bond motifs is 1. The van der Waals surface area contributed by atoms with Crippen molar-refractivity contribution in [3.63, 3.8) is 0 Å². The number of benzene rings is 2. The van der Waals surface area contributed by atoms with E-state index in [2.05, 4.69) is 10.3 Å². The number of piperidine rings is 1. The van der Waals surface area contributed by atoms with Gasteiger partial charge in [-0.25, -0.2) is 17.8 Å². The molecule has 2 heterocycles. The molecule has 30 heavy (non-hydrogen) atoms. The summed E-state index contributed by atoms with van der Waals surface area (Å²) < 4.78 is 45.7. The summed E-state index contributed by atoms with van der Waals surface area (Å²) in [7, 11) is -3.78. The molecule has 0 spiro atoms. The number of hydrogen-bond donors (Lipinski definition) is 1. The van der Waals surface area contributed by atoms with Gasteiger partial charge in [-0.3, -0.25) is 4.79 Å². The van der Waals surface area contributed by atoms with Gasteiger partial charge in [-0.2, -0.15) is 4.31 Å². The molecular formula is C21H22FN3O4S. The molecule has 0 bridgehead atoms. The van der Waals surface area contributed by atoms with E-state index in [4.69, 9.17) is 4.42 Å². The number of aromatic nitrogens is 1. The van der Waals surface area contributed by atoms with Crippen LogP contribution in [0.4, 0.5) is 10.1 Å². The molecule has 0 aliphatic carbocycles. The largest absolute Gasteiger partial charge is 0.441 e. The van der Waals surface area contributed by atoms with Crippen molar-refractivity contribution in [1.82, 2.24) is 9.29 Å². The lowest BCUT2D eigenvalue weighted by Gasteiger charge is -2.31. The Balaban J connectivity index is 1.47. The maximum Gasteiger partial charge on any atom is 0.243 e. The molecule has 9 heteroatoms. The Bertz CT molecular complexity index is 1170. The lowest BCUT2D eigenvalue weighted by Crippen LogP contribution is -2.43. The van der Waals surface area contributed by atoms with E-state index in [0.717, 1.165) is 12.1 Å². The average Bonchev–Trinajstić information content (AvgIpc) is 3.16. The maximum absolute atomic E-state index is 13.1. The van der Waals surface area contributed by atoms with E-state index in [9.17, 15) is 17.6 Å². The molecule has 2 aromatic carbocycles. The topological polar surface area (TPSA) is 92.5 Å². The highest BCUT2D eigenvalue weighted by Gasteiger charge is 2.33. The number of nitrogens with zero attached hydrogens (tertiary/aromatic N) is 2. The van der Waals surface area contributed by atoms with Gasteiger partial charge < -0.3 is 9.73 Å². The molecular weight excluding hydrogens is 409 g/mol. The van der Waals surface area contributed by atoms with E-state index in [-0.39, 0.29) is 17.3 Å². The summed E-state index contributed by atoms with van der Waals surface area (Å²) >= 11 is 0. The van der Waals surface area contributed by atoms with E-state index < -0.39 is 21.8 Å². The fourth-order valence-electron chi connectivity index (χ4n) is 3.58. The number of anilines is 1. The highest BCUT2D eigenvalue weighted by Crippen LogP contribution is 2.26. The van der Waals surface area contributed by atoms with Crippen LogP contribution in [-0.2, 0) is 21.2 Å². The fourth-order valence-corrected chi connectivity index (χ4v) is 5.10. The first-order valence-corrected chi connectivity index (χ1v) is 11.3. The van der Waals surface area contributed by atoms with Gasteiger partial charge in [0.15, 0.2) is 11.5 Å². The van der Waals surface area contributed by atoms with Gasteiger partial charge in [0.05, 0.1) is 10.8 Å². The zero-order chi connectivity index (χ0) is 21.3. The summed E-state index contributed by atoms with van der Waals surface area (Å²) in [5.74, 6) is -0.594. The van der Waals surface area contributed by atoms with Crippen LogP contribution in [-0.4, -0.2) is 36.7 Å². The Kier molecular flexibility index (Phi) is 5.57. The number of rotatable bonds is 5. The van der Waals surface area contributed by atoms with Crippen LogP contribution in [0.25, 0.3) is 11.1 Å². The van der Waals surface area contributed by atoms with Crippen LogP contribution in [0.2, 0.25) is 0 Å². The van der Waals surface area contributed by atoms with Crippen LogP contribution >= 0.6 is 0 Å². The monoisotopic (exact) mass is 431 g/mol. The number of halogens is 1. The van der Waals surface area contributed by atoms with Crippen molar-refractivity contribution < 1.29 is 22.0 Å². The van der Waals surface area contributed by atoms with E-state index in [0.29, 0.717) is 48.5 Å². The molecule has 7 nitrogen and oxygen atoms in total. The van der Waals surface area contributed by atoms with Gasteiger partial charge in [-0.15, -0.1) is 0 Å². The Hall–Kier alpha value is -2.78. The molecule has 1 saturated heterocycles. The second-order valence-electron chi connectivity index (χ2n) is 7.29. The quantitative estimate of drug-likeness (QED) is 0.667. The molecule has 1 aromatic heterocycles. The van der Waals surface area contributed by atoms with Crippen LogP contribution in [0.1, 0.15) is 25.7 Å². The first-order chi connectivity index (χ1) is 14.4. The number of sulfonamides is 1. The first-order valence-electron chi connectivity index (χ1n) is 9.83. The Labute approximate surface area is 173 Å². The van der Waals surface area contributed by atoms with E-state index in [1.54, 1.807) is 18.2 Å². The lowest BCUT2D eigenvalue weighted by atomic mass is 9.98. The van der Waals surface area contributed by atoms with Crippen molar-refractivity contribution >= 4 is 32.7 Å². The molecule has 4 rings (SSSR count). The van der Waals surface area contributed by atoms with Crippen LogP contribution in [0.3, 0.4) is 0 Å². The normalized spacial score (nSPS) is 17.9. The Morgan fingerprint density at radius 2 is 2.03 bits per heavy atom. The summed E-state index contributed by atoms with van der Waals surface area (Å²) in [5, 5.41) is 2.86. The third-order valence-corrected chi connectivity index (χ3v) is 7.09. The summed E-state index contributed by atoms with van der Waals surface area (Å²) in [6.45, 7) is 2.36. The average molecular weight is 431 g/mol. The highest BCUT2D eigenvalue weighted by molar-refractivity contribution is 7.89. The third-order valence-electron chi connectivity index (χ3n) is 5.21. The van der Waals surface area contributed by atoms with Crippen LogP contribution < -0.4 is 5.32 Å². The van der Waals surface area contributed by atoms with E-state index >= 15 is 0 Å². The molecule has 1 fully saturated rings. The number of carbonyl (C=O) groups excluding carboxylic acids is 1. The minimum atomic E-state index is -3.78. The molecule has 0 saturated carbocycles. The number of carbonyl (C=O) groups is 1. The van der Waals surface area contributed by atoms with E-state index in [1.807, 2.05) is 6.92 Å². The van der Waals surface area contributed by atoms with E-state index in [1.165, 1.54) is 16.4 Å². The number of oxazole rings is 1. The maximum atomic E-state index is 13.1. The lowest BCUT2D eigenvalue weighted by molar-refractivity contribution is -0.120. The van der Waals surface area contributed by atoms with Gasteiger partial charge >= 0.3 is 0 Å². The van der Waals surface area contributed by atoms with Gasteiger partial charge in [-0.05, 0) is 55.3 Å². The summed E-state index contributed by atoms with van der Waals surface area (Å²) in [6.07, 6.45) is 1.84. The second kappa shape index (κ2) is 8.16. The fraction of sp³-hybridized carbons (Fsp3) is 0.333. The van der Waals surface area contributed by atoms with Crippen molar-refractivity contribution in [2.45, 2.75) is 31.1 Å². The molecule has 1 unspecified atom stereocenters. The number of aryl methyl sites for hydroxylation is 1. The van der Waals surface area contributed by atoms with Crippen molar-refractivity contribution in [2.75, 3.05) is 18.4 Å². The van der Waals surface area contributed by atoms with Crippen molar-refractivity contribution in [3.05, 3.63) is 54.2 Å². The van der Waals surface area contributed by atoms with Crippen LogP contribution in [0.5, 0.6) is 0 Å². The van der Waals surface area contributed by atoms with Gasteiger partial charge in [0.1, 0.15) is 11.3 Å². The smallest absolute Gasteiger partial charge is 0.243 e. The first kappa shape index (κ1) is 20.5. The zero-order valence-corrected chi connectivity index (χ0v) is 17.3. The number of amides is 1. The molecule has 1 atom stereocenters. The SMILES string of the molecule is CCc1nc2cc(NC(=O)C3CCCN(S(=O)(=O)c4ccc(F)cc4)C3)ccc2o1. The van der Waals surface area contributed by atoms with Gasteiger partial charge in [0, 0.05) is 25.2 Å². The molecule has 1 N–H and O–H groups in total. The molecule has 1 aliphatic rings. The predicted octanol–water partition coefficient (Wildman–Crippen LogP) is 3.57. The van der Waals surface area contributed by atoms with Gasteiger partial charge in [0.25, 0.3) is 0 Å². The van der Waals surface area contributed by atoms with Crippen LogP contribution in [0, 0.1) is 11.7 Å². The summed E-state index contributed by atoms with van der Waals surface area (Å²) in [6, 6.07) is 9.95. The van der Waals surface area contributed by atoms with Crippen LogP contribution in [0.15, 0.2) is 51.8 Å². The Morgan fingerprint density at radius 3 is 2.77 bits per heavy atom. The van der Waals surface area contributed by atoms with Gasteiger partial charge in [0.2, 0.25) is 15.9 Å². The van der Waals surface area contributed by atoms with Crippen molar-refractivity contribution in [1.29, 1.82) is 0 Å². The summed E-state index contributed by atoms with van der Waals surface area (Å²) in [4.78, 5) is 17.2. The molecule has 1 aliphatic heterocycles. The minimum absolute atomic E-state index is 0.0215.